The molecule has 1 unspecified atom stereocenters. The standard InChI is InChI=1S/C14H18N2O/c1-3-4-5-11(2)16-14(17)13-8-6-12(10-15)7-9-13/h6-9,11H,3-5H2,1-2H3,(H,16,17). The van der Waals surface area contributed by atoms with Gasteiger partial charge >= 0.3 is 0 Å². The topological polar surface area (TPSA) is 52.9 Å². The Balaban J connectivity index is 2.54. The van der Waals surface area contributed by atoms with Crippen LogP contribution in [0.25, 0.3) is 0 Å². The van der Waals surface area contributed by atoms with Crippen LogP contribution in [0.1, 0.15) is 49.0 Å². The molecule has 90 valence electrons. The van der Waals surface area contributed by atoms with Crippen LogP contribution in [0.3, 0.4) is 0 Å². The van der Waals surface area contributed by atoms with Crippen LogP contribution in [-0.4, -0.2) is 11.9 Å². The summed E-state index contributed by atoms with van der Waals surface area (Å²) in [6, 6.07) is 8.90. The van der Waals surface area contributed by atoms with Crippen molar-refractivity contribution in [1.82, 2.24) is 5.32 Å². The minimum Gasteiger partial charge on any atom is -0.350 e. The second-order valence-electron chi connectivity index (χ2n) is 4.21. The Hall–Kier alpha value is -1.82. The SMILES string of the molecule is CCCCC(C)NC(=O)c1ccc(C#N)cc1. The van der Waals surface area contributed by atoms with Crippen LogP contribution in [0, 0.1) is 11.3 Å². The maximum absolute atomic E-state index is 11.8. The van der Waals surface area contributed by atoms with E-state index in [9.17, 15) is 4.79 Å². The predicted molar refractivity (Wildman–Crippen MR) is 67.6 cm³/mol. The summed E-state index contributed by atoms with van der Waals surface area (Å²) >= 11 is 0. The van der Waals surface area contributed by atoms with Crippen molar-refractivity contribution in [3.63, 3.8) is 0 Å². The Morgan fingerprint density at radius 2 is 2.06 bits per heavy atom. The molecule has 0 heterocycles. The van der Waals surface area contributed by atoms with E-state index in [0.717, 1.165) is 19.3 Å². The van der Waals surface area contributed by atoms with E-state index >= 15 is 0 Å². The molecule has 0 bridgehead atoms. The van der Waals surface area contributed by atoms with Gasteiger partial charge in [-0.05, 0) is 37.6 Å². The summed E-state index contributed by atoms with van der Waals surface area (Å²) < 4.78 is 0. The third kappa shape index (κ3) is 4.28. The lowest BCUT2D eigenvalue weighted by Crippen LogP contribution is -2.32. The fraction of sp³-hybridized carbons (Fsp3) is 0.429. The van der Waals surface area contributed by atoms with E-state index in [2.05, 4.69) is 12.2 Å². The summed E-state index contributed by atoms with van der Waals surface area (Å²) in [6.07, 6.45) is 3.25. The van der Waals surface area contributed by atoms with Gasteiger partial charge in [0.1, 0.15) is 0 Å². The number of nitrogens with one attached hydrogen (secondary N) is 1. The third-order valence-corrected chi connectivity index (χ3v) is 2.64. The molecule has 1 aromatic carbocycles. The maximum atomic E-state index is 11.8. The summed E-state index contributed by atoms with van der Waals surface area (Å²) in [4.78, 5) is 11.8. The quantitative estimate of drug-likeness (QED) is 0.845. The highest BCUT2D eigenvalue weighted by Gasteiger charge is 2.08. The van der Waals surface area contributed by atoms with E-state index < -0.39 is 0 Å². The highest BCUT2D eigenvalue weighted by atomic mass is 16.1. The van der Waals surface area contributed by atoms with Gasteiger partial charge in [0.05, 0.1) is 11.6 Å². The Morgan fingerprint density at radius 3 is 2.59 bits per heavy atom. The molecule has 1 N–H and O–H groups in total. The molecule has 1 aromatic rings. The zero-order valence-corrected chi connectivity index (χ0v) is 10.4. The van der Waals surface area contributed by atoms with Crippen LogP contribution >= 0.6 is 0 Å². The number of rotatable bonds is 5. The van der Waals surface area contributed by atoms with Crippen LogP contribution in [0.2, 0.25) is 0 Å². The summed E-state index contributed by atoms with van der Waals surface area (Å²) in [5.74, 6) is -0.0712. The van der Waals surface area contributed by atoms with E-state index in [4.69, 9.17) is 5.26 Å². The highest BCUT2D eigenvalue weighted by molar-refractivity contribution is 5.94. The van der Waals surface area contributed by atoms with Crippen molar-refractivity contribution in [3.8, 4) is 6.07 Å². The van der Waals surface area contributed by atoms with Gasteiger partial charge in [-0.3, -0.25) is 4.79 Å². The van der Waals surface area contributed by atoms with E-state index in [1.807, 2.05) is 13.0 Å². The number of amides is 1. The summed E-state index contributed by atoms with van der Waals surface area (Å²) in [5.41, 5.74) is 1.17. The molecule has 1 amide bonds. The third-order valence-electron chi connectivity index (χ3n) is 2.64. The van der Waals surface area contributed by atoms with Crippen LogP contribution < -0.4 is 5.32 Å². The van der Waals surface area contributed by atoms with Crippen molar-refractivity contribution in [2.24, 2.45) is 0 Å². The molecule has 0 fully saturated rings. The number of benzene rings is 1. The molecule has 0 aromatic heterocycles. The zero-order valence-electron chi connectivity index (χ0n) is 10.4. The van der Waals surface area contributed by atoms with Crippen molar-refractivity contribution >= 4 is 5.91 Å². The molecule has 0 aliphatic heterocycles. The number of hydrogen-bond acceptors (Lipinski definition) is 2. The van der Waals surface area contributed by atoms with Crippen LogP contribution in [0.4, 0.5) is 0 Å². The molecule has 0 radical (unpaired) electrons. The molecule has 0 aliphatic carbocycles. The van der Waals surface area contributed by atoms with Gasteiger partial charge in [-0.15, -0.1) is 0 Å². The van der Waals surface area contributed by atoms with Crippen molar-refractivity contribution in [2.75, 3.05) is 0 Å². The van der Waals surface area contributed by atoms with Gasteiger partial charge < -0.3 is 5.32 Å². The monoisotopic (exact) mass is 230 g/mol. The Labute approximate surface area is 102 Å². The van der Waals surface area contributed by atoms with Gasteiger partial charge in [-0.2, -0.15) is 5.26 Å². The first-order valence-electron chi connectivity index (χ1n) is 5.98. The lowest BCUT2D eigenvalue weighted by Gasteiger charge is -2.13. The summed E-state index contributed by atoms with van der Waals surface area (Å²) in [5, 5.41) is 11.6. The lowest BCUT2D eigenvalue weighted by atomic mass is 10.1. The van der Waals surface area contributed by atoms with Crippen LogP contribution in [-0.2, 0) is 0 Å². The number of nitrogens with zero attached hydrogens (tertiary/aromatic N) is 1. The molecule has 17 heavy (non-hydrogen) atoms. The fourth-order valence-corrected chi connectivity index (χ4v) is 1.59. The summed E-state index contributed by atoms with van der Waals surface area (Å²) in [6.45, 7) is 4.15. The first-order valence-corrected chi connectivity index (χ1v) is 5.98. The van der Waals surface area contributed by atoms with Crippen molar-refractivity contribution in [1.29, 1.82) is 5.26 Å². The van der Waals surface area contributed by atoms with E-state index in [1.54, 1.807) is 24.3 Å². The average Bonchev–Trinajstić information content (AvgIpc) is 2.36. The van der Waals surface area contributed by atoms with E-state index in [-0.39, 0.29) is 11.9 Å². The molecule has 0 saturated carbocycles. The number of nitriles is 1. The molecular formula is C14H18N2O. The van der Waals surface area contributed by atoms with Gasteiger partial charge in [-0.25, -0.2) is 0 Å². The fourth-order valence-electron chi connectivity index (χ4n) is 1.59. The maximum Gasteiger partial charge on any atom is 0.251 e. The first-order chi connectivity index (χ1) is 8.17. The van der Waals surface area contributed by atoms with Gasteiger partial charge in [0.25, 0.3) is 5.91 Å². The molecule has 3 nitrogen and oxygen atoms in total. The van der Waals surface area contributed by atoms with E-state index in [1.165, 1.54) is 0 Å². The number of carbonyl (C=O) groups excluding carboxylic acids is 1. The molecule has 1 rings (SSSR count). The summed E-state index contributed by atoms with van der Waals surface area (Å²) in [7, 11) is 0. The number of unbranched alkanes of at least 4 members (excludes halogenated alkanes) is 1. The number of carbonyl (C=O) groups is 1. The van der Waals surface area contributed by atoms with Gasteiger partial charge in [-0.1, -0.05) is 19.8 Å². The van der Waals surface area contributed by atoms with Crippen molar-refractivity contribution < 1.29 is 4.79 Å². The van der Waals surface area contributed by atoms with Gasteiger partial charge in [0.15, 0.2) is 0 Å². The van der Waals surface area contributed by atoms with Gasteiger partial charge in [0, 0.05) is 11.6 Å². The second-order valence-corrected chi connectivity index (χ2v) is 4.21. The Kier molecular flexibility index (Phi) is 5.22. The highest BCUT2D eigenvalue weighted by Crippen LogP contribution is 2.05. The van der Waals surface area contributed by atoms with Crippen molar-refractivity contribution in [3.05, 3.63) is 35.4 Å². The van der Waals surface area contributed by atoms with Crippen molar-refractivity contribution in [2.45, 2.75) is 39.2 Å². The molecule has 0 spiro atoms. The average molecular weight is 230 g/mol. The smallest absolute Gasteiger partial charge is 0.251 e. The first kappa shape index (κ1) is 13.2. The van der Waals surface area contributed by atoms with Gasteiger partial charge in [0.2, 0.25) is 0 Å². The minimum absolute atomic E-state index is 0.0712. The molecule has 0 aliphatic rings. The normalized spacial score (nSPS) is 11.6. The van der Waals surface area contributed by atoms with Crippen LogP contribution in [0.5, 0.6) is 0 Å². The molecule has 1 atom stereocenters. The molecule has 0 saturated heterocycles. The zero-order chi connectivity index (χ0) is 12.7. The second kappa shape index (κ2) is 6.70. The largest absolute Gasteiger partial charge is 0.350 e. The minimum atomic E-state index is -0.0712. The Morgan fingerprint density at radius 1 is 1.41 bits per heavy atom. The lowest BCUT2D eigenvalue weighted by molar-refractivity contribution is 0.0938. The number of hydrogen-bond donors (Lipinski definition) is 1. The Bertz CT molecular complexity index is 403. The molecular weight excluding hydrogens is 212 g/mol. The predicted octanol–water partition coefficient (Wildman–Crippen LogP) is 2.87. The van der Waals surface area contributed by atoms with E-state index in [0.29, 0.717) is 11.1 Å². The molecule has 3 heteroatoms. The van der Waals surface area contributed by atoms with Crippen LogP contribution in [0.15, 0.2) is 24.3 Å².